The molecule has 0 radical (unpaired) electrons. The monoisotopic (exact) mass is 323 g/mol. The lowest BCUT2D eigenvalue weighted by molar-refractivity contribution is 0.414. The van der Waals surface area contributed by atoms with E-state index in [0.29, 0.717) is 23.2 Å². The minimum atomic E-state index is -0.599. The number of ether oxygens (including phenoxy) is 1. The summed E-state index contributed by atoms with van der Waals surface area (Å²) in [6, 6.07) is 14.4. The second-order valence-electron chi connectivity index (χ2n) is 5.36. The van der Waals surface area contributed by atoms with Gasteiger partial charge in [-0.25, -0.2) is 4.79 Å². The maximum Gasteiger partial charge on any atom is 0.349 e. The van der Waals surface area contributed by atoms with Crippen LogP contribution in [0.25, 0.3) is 11.0 Å². The molecule has 0 bridgehead atoms. The van der Waals surface area contributed by atoms with Gasteiger partial charge in [0, 0.05) is 0 Å². The number of benzene rings is 2. The Balaban J connectivity index is 1.98. The molecule has 122 valence electrons. The van der Waals surface area contributed by atoms with Crippen LogP contribution in [0.3, 0.4) is 0 Å². The predicted octanol–water partition coefficient (Wildman–Crippen LogP) is 3.52. The number of nitrogens with zero attached hydrogens (tertiary/aromatic N) is 1. The van der Waals surface area contributed by atoms with Crippen LogP contribution in [0, 0.1) is 0 Å². The Bertz CT molecular complexity index is 973. The van der Waals surface area contributed by atoms with Crippen molar-refractivity contribution in [1.82, 2.24) is 0 Å². The molecule has 1 heterocycles. The molecular formula is C19H17NO4. The van der Waals surface area contributed by atoms with Gasteiger partial charge in [0.05, 0.1) is 24.8 Å². The number of hydrogen-bond donors (Lipinski definition) is 1. The molecule has 3 aromatic rings. The standard InChI is InChI=1S/C19H17NO4/c1-12(20-11-13-6-5-7-14(10-13)23-2)17-18(21)15-8-3-4-9-16(15)24-19(17)22/h3-10,21H,11H2,1-2H3/b20-12+. The molecular weight excluding hydrogens is 306 g/mol. The number of fused-ring (bicyclic) bond motifs is 1. The van der Waals surface area contributed by atoms with Gasteiger partial charge in [0.2, 0.25) is 0 Å². The molecule has 0 aliphatic carbocycles. The topological polar surface area (TPSA) is 72.0 Å². The molecule has 0 aliphatic heterocycles. The van der Waals surface area contributed by atoms with Crippen molar-refractivity contribution in [1.29, 1.82) is 0 Å². The number of hydrogen-bond acceptors (Lipinski definition) is 5. The van der Waals surface area contributed by atoms with Crippen LogP contribution in [0.15, 0.2) is 62.7 Å². The lowest BCUT2D eigenvalue weighted by Crippen LogP contribution is -2.13. The van der Waals surface area contributed by atoms with E-state index in [4.69, 9.17) is 9.15 Å². The van der Waals surface area contributed by atoms with E-state index in [9.17, 15) is 9.90 Å². The van der Waals surface area contributed by atoms with Gasteiger partial charge in [0.1, 0.15) is 22.6 Å². The molecule has 1 N–H and O–H groups in total. The lowest BCUT2D eigenvalue weighted by atomic mass is 10.1. The van der Waals surface area contributed by atoms with Crippen molar-refractivity contribution in [2.45, 2.75) is 13.5 Å². The minimum Gasteiger partial charge on any atom is -0.506 e. The number of aromatic hydroxyl groups is 1. The molecule has 0 saturated carbocycles. The second-order valence-corrected chi connectivity index (χ2v) is 5.36. The van der Waals surface area contributed by atoms with Gasteiger partial charge in [0.25, 0.3) is 0 Å². The largest absolute Gasteiger partial charge is 0.506 e. The van der Waals surface area contributed by atoms with Crippen LogP contribution in [-0.2, 0) is 6.54 Å². The molecule has 2 aromatic carbocycles. The van der Waals surface area contributed by atoms with Gasteiger partial charge in [-0.15, -0.1) is 0 Å². The van der Waals surface area contributed by atoms with Crippen molar-refractivity contribution in [2.75, 3.05) is 7.11 Å². The Hall–Kier alpha value is -3.08. The lowest BCUT2D eigenvalue weighted by Gasteiger charge is -2.07. The maximum absolute atomic E-state index is 12.2. The van der Waals surface area contributed by atoms with E-state index < -0.39 is 5.63 Å². The summed E-state index contributed by atoms with van der Waals surface area (Å²) in [6.45, 7) is 2.05. The van der Waals surface area contributed by atoms with Crippen LogP contribution in [0.2, 0.25) is 0 Å². The van der Waals surface area contributed by atoms with Crippen LogP contribution in [0.4, 0.5) is 0 Å². The average Bonchev–Trinajstić information content (AvgIpc) is 2.60. The number of para-hydroxylation sites is 1. The fourth-order valence-corrected chi connectivity index (χ4v) is 2.51. The first-order valence-corrected chi connectivity index (χ1v) is 7.49. The summed E-state index contributed by atoms with van der Waals surface area (Å²) < 4.78 is 10.4. The van der Waals surface area contributed by atoms with Gasteiger partial charge < -0.3 is 14.3 Å². The Labute approximate surface area is 138 Å². The quantitative estimate of drug-likeness (QED) is 0.589. The fraction of sp³-hybridized carbons (Fsp3) is 0.158. The zero-order chi connectivity index (χ0) is 17.1. The van der Waals surface area contributed by atoms with Crippen molar-refractivity contribution in [3.8, 4) is 11.5 Å². The molecule has 3 rings (SSSR count). The van der Waals surface area contributed by atoms with Crippen molar-refractivity contribution >= 4 is 16.7 Å². The molecule has 0 spiro atoms. The van der Waals surface area contributed by atoms with E-state index >= 15 is 0 Å². The van der Waals surface area contributed by atoms with Crippen LogP contribution in [0.1, 0.15) is 18.1 Å². The van der Waals surface area contributed by atoms with Gasteiger partial charge in [-0.05, 0) is 36.8 Å². The number of rotatable bonds is 4. The third kappa shape index (κ3) is 3.01. The number of aliphatic imine (C=N–C) groups is 1. The van der Waals surface area contributed by atoms with Gasteiger partial charge in [0.15, 0.2) is 0 Å². The van der Waals surface area contributed by atoms with Gasteiger partial charge in [-0.3, -0.25) is 4.99 Å². The minimum absolute atomic E-state index is 0.0941. The first-order valence-electron chi connectivity index (χ1n) is 7.49. The Morgan fingerprint density at radius 3 is 2.79 bits per heavy atom. The summed E-state index contributed by atoms with van der Waals surface area (Å²) in [5.41, 5.74) is 1.22. The molecule has 1 aromatic heterocycles. The highest BCUT2D eigenvalue weighted by atomic mass is 16.5. The summed E-state index contributed by atoms with van der Waals surface area (Å²) in [5, 5.41) is 10.9. The molecule has 0 unspecified atom stereocenters. The highest BCUT2D eigenvalue weighted by molar-refractivity contribution is 6.04. The van der Waals surface area contributed by atoms with Crippen molar-refractivity contribution < 1.29 is 14.3 Å². The molecule has 24 heavy (non-hydrogen) atoms. The third-order valence-electron chi connectivity index (χ3n) is 3.78. The summed E-state index contributed by atoms with van der Waals surface area (Å²) in [6.07, 6.45) is 0. The van der Waals surface area contributed by atoms with E-state index in [-0.39, 0.29) is 11.3 Å². The average molecular weight is 323 g/mol. The maximum atomic E-state index is 12.2. The molecule has 0 saturated heterocycles. The summed E-state index contributed by atoms with van der Waals surface area (Å²) >= 11 is 0. The summed E-state index contributed by atoms with van der Waals surface area (Å²) in [7, 11) is 1.60. The highest BCUT2D eigenvalue weighted by Gasteiger charge is 2.16. The van der Waals surface area contributed by atoms with E-state index in [1.807, 2.05) is 24.3 Å². The van der Waals surface area contributed by atoms with E-state index in [1.54, 1.807) is 38.3 Å². The summed E-state index contributed by atoms with van der Waals surface area (Å²) in [4.78, 5) is 16.6. The number of methoxy groups -OCH3 is 1. The normalized spacial score (nSPS) is 11.7. The van der Waals surface area contributed by atoms with Gasteiger partial charge in [-0.2, -0.15) is 0 Å². The van der Waals surface area contributed by atoms with Crippen LogP contribution >= 0.6 is 0 Å². The molecule has 5 heteroatoms. The molecule has 0 aliphatic rings. The smallest absolute Gasteiger partial charge is 0.349 e. The zero-order valence-electron chi connectivity index (χ0n) is 13.4. The second kappa shape index (κ2) is 6.58. The highest BCUT2D eigenvalue weighted by Crippen LogP contribution is 2.26. The Morgan fingerprint density at radius 1 is 1.21 bits per heavy atom. The van der Waals surface area contributed by atoms with Crippen molar-refractivity contribution in [2.24, 2.45) is 4.99 Å². The molecule has 0 amide bonds. The first-order chi connectivity index (χ1) is 11.6. The molecule has 5 nitrogen and oxygen atoms in total. The van der Waals surface area contributed by atoms with Gasteiger partial charge >= 0.3 is 5.63 Å². The molecule has 0 fully saturated rings. The predicted molar refractivity (Wildman–Crippen MR) is 93.1 cm³/mol. The van der Waals surface area contributed by atoms with E-state index in [1.165, 1.54) is 0 Å². The van der Waals surface area contributed by atoms with E-state index in [2.05, 4.69) is 4.99 Å². The SMILES string of the molecule is COc1cccc(C/N=C(\C)c2c(O)c3ccccc3oc2=O)c1. The summed E-state index contributed by atoms with van der Waals surface area (Å²) in [5.74, 6) is 0.641. The van der Waals surface area contributed by atoms with Crippen LogP contribution in [-0.4, -0.2) is 17.9 Å². The molecule has 0 atom stereocenters. The first kappa shape index (κ1) is 15.8. The van der Waals surface area contributed by atoms with Gasteiger partial charge in [-0.1, -0.05) is 24.3 Å². The van der Waals surface area contributed by atoms with E-state index in [0.717, 1.165) is 11.3 Å². The fourth-order valence-electron chi connectivity index (χ4n) is 2.51. The van der Waals surface area contributed by atoms with Crippen LogP contribution < -0.4 is 10.4 Å². The van der Waals surface area contributed by atoms with Crippen LogP contribution in [0.5, 0.6) is 11.5 Å². The Morgan fingerprint density at radius 2 is 2.00 bits per heavy atom. The van der Waals surface area contributed by atoms with Crippen molar-refractivity contribution in [3.63, 3.8) is 0 Å². The Kier molecular flexibility index (Phi) is 4.33. The van der Waals surface area contributed by atoms with Crippen molar-refractivity contribution in [3.05, 3.63) is 70.1 Å². The zero-order valence-corrected chi connectivity index (χ0v) is 13.4. The third-order valence-corrected chi connectivity index (χ3v) is 3.78.